The molecule has 2 aliphatic heterocycles. The molecule has 7 nitrogen and oxygen atoms in total. The van der Waals surface area contributed by atoms with Crippen LogP contribution in [0.3, 0.4) is 0 Å². The van der Waals surface area contributed by atoms with Crippen LogP contribution in [0.15, 0.2) is 36.5 Å². The quantitative estimate of drug-likeness (QED) is 0.393. The number of hydrogen-bond donors (Lipinski definition) is 1. The summed E-state index contributed by atoms with van der Waals surface area (Å²) >= 11 is 0. The van der Waals surface area contributed by atoms with E-state index >= 15 is 0 Å². The number of likely N-dealkylation sites (tertiary alicyclic amines) is 1. The number of hydrogen-bond acceptors (Lipinski definition) is 6. The molecule has 0 unspecified atom stereocenters. The van der Waals surface area contributed by atoms with Crippen molar-refractivity contribution in [3.05, 3.63) is 53.2 Å². The number of pyridine rings is 1. The zero-order valence-electron chi connectivity index (χ0n) is 23.7. The largest absolute Gasteiger partial charge is 0.417 e. The fourth-order valence-corrected chi connectivity index (χ4v) is 5.03. The molecule has 13 heteroatoms. The van der Waals surface area contributed by atoms with E-state index in [0.29, 0.717) is 63.4 Å². The molecule has 230 valence electrons. The number of nitrogens with zero attached hydrogens (tertiary/aromatic N) is 5. The van der Waals surface area contributed by atoms with Gasteiger partial charge in [0.15, 0.2) is 0 Å². The molecule has 4 rings (SSSR count). The number of benzene rings is 1. The van der Waals surface area contributed by atoms with Crippen LogP contribution in [0.25, 0.3) is 0 Å². The molecule has 1 amide bonds. The minimum atomic E-state index is -4.62. The Morgan fingerprint density at radius 3 is 2.19 bits per heavy atom. The topological polar surface area (TPSA) is 75.5 Å². The van der Waals surface area contributed by atoms with Crippen LogP contribution in [0.1, 0.15) is 56.2 Å². The van der Waals surface area contributed by atoms with Gasteiger partial charge in [0, 0.05) is 63.6 Å². The Morgan fingerprint density at radius 2 is 1.64 bits per heavy atom. The van der Waals surface area contributed by atoms with Crippen molar-refractivity contribution in [2.45, 2.75) is 57.9 Å². The lowest BCUT2D eigenvalue weighted by Gasteiger charge is -2.36. The third-order valence-electron chi connectivity index (χ3n) is 7.30. The molecule has 0 radical (unpaired) electrons. The number of aromatic nitrogens is 1. The summed E-state index contributed by atoms with van der Waals surface area (Å²) in [6.45, 7) is 8.47. The van der Waals surface area contributed by atoms with Gasteiger partial charge >= 0.3 is 12.4 Å². The van der Waals surface area contributed by atoms with Crippen LogP contribution in [0.4, 0.5) is 37.8 Å². The van der Waals surface area contributed by atoms with Gasteiger partial charge < -0.3 is 15.1 Å². The number of amides is 1. The van der Waals surface area contributed by atoms with E-state index in [-0.39, 0.29) is 11.9 Å². The highest BCUT2D eigenvalue weighted by molar-refractivity contribution is 5.76. The second-order valence-corrected chi connectivity index (χ2v) is 10.0. The lowest BCUT2D eigenvalue weighted by molar-refractivity contribution is -0.138. The third-order valence-corrected chi connectivity index (χ3v) is 7.30. The second kappa shape index (κ2) is 14.6. The molecule has 1 aromatic heterocycles. The van der Waals surface area contributed by atoms with Crippen molar-refractivity contribution >= 4 is 17.4 Å². The van der Waals surface area contributed by atoms with Crippen molar-refractivity contribution in [2.75, 3.05) is 56.0 Å². The van der Waals surface area contributed by atoms with Crippen molar-refractivity contribution in [2.24, 2.45) is 0 Å². The minimum absolute atomic E-state index is 0.0452. The lowest BCUT2D eigenvalue weighted by atomic mass is 10.0. The molecule has 3 heterocycles. The third kappa shape index (κ3) is 8.98. The summed E-state index contributed by atoms with van der Waals surface area (Å²) < 4.78 is 77.9. The van der Waals surface area contributed by atoms with E-state index in [4.69, 9.17) is 5.26 Å². The average Bonchev–Trinajstić information content (AvgIpc) is 2.98. The van der Waals surface area contributed by atoms with Gasteiger partial charge in [-0.2, -0.15) is 31.6 Å². The van der Waals surface area contributed by atoms with Crippen molar-refractivity contribution in [1.29, 1.82) is 5.26 Å². The van der Waals surface area contributed by atoms with Gasteiger partial charge in [-0.15, -0.1) is 0 Å². The Bertz CT molecular complexity index is 1200. The molecule has 0 saturated carbocycles. The smallest absolute Gasteiger partial charge is 0.382 e. The molecule has 2 fully saturated rings. The fourth-order valence-electron chi connectivity index (χ4n) is 5.03. The highest BCUT2D eigenvalue weighted by Gasteiger charge is 2.34. The predicted octanol–water partition coefficient (Wildman–Crippen LogP) is 6.02. The molecule has 2 aliphatic rings. The minimum Gasteiger partial charge on any atom is -0.382 e. The predicted molar refractivity (Wildman–Crippen MR) is 148 cm³/mol. The lowest BCUT2D eigenvalue weighted by Crippen LogP contribution is -2.47. The Labute approximate surface area is 242 Å². The number of piperidine rings is 1. The van der Waals surface area contributed by atoms with E-state index in [2.05, 4.69) is 15.2 Å². The molecule has 1 aromatic carbocycles. The summed E-state index contributed by atoms with van der Waals surface area (Å²) in [6.07, 6.45) is -5.90. The number of rotatable bonds is 7. The first-order valence-corrected chi connectivity index (χ1v) is 14.1. The van der Waals surface area contributed by atoms with Gasteiger partial charge in [0.05, 0.1) is 22.8 Å². The maximum atomic E-state index is 13.2. The first-order chi connectivity index (χ1) is 19.9. The van der Waals surface area contributed by atoms with Crippen LogP contribution in [0.5, 0.6) is 0 Å². The summed E-state index contributed by atoms with van der Waals surface area (Å²) in [7, 11) is 0. The van der Waals surface area contributed by atoms with Crippen molar-refractivity contribution in [1.82, 2.24) is 14.8 Å². The van der Waals surface area contributed by atoms with Gasteiger partial charge in [-0.25, -0.2) is 4.98 Å². The number of piperazine rings is 1. The highest BCUT2D eigenvalue weighted by Crippen LogP contribution is 2.34. The molecule has 2 saturated heterocycles. The SMILES string of the molecule is CC.N#Cc1ccc(NC2CCN(C(=O)CCCN3CCN(c4ccc(C(F)(F)F)cn4)CC3)CC2)cc1C(F)(F)F. The monoisotopic (exact) mass is 598 g/mol. The molecule has 0 spiro atoms. The van der Waals surface area contributed by atoms with Crippen LogP contribution in [0, 0.1) is 11.3 Å². The van der Waals surface area contributed by atoms with E-state index in [9.17, 15) is 31.1 Å². The van der Waals surface area contributed by atoms with Crippen LogP contribution < -0.4 is 10.2 Å². The first-order valence-electron chi connectivity index (χ1n) is 14.1. The summed E-state index contributed by atoms with van der Waals surface area (Å²) in [6, 6.07) is 7.50. The summed E-state index contributed by atoms with van der Waals surface area (Å²) in [5.74, 6) is 0.560. The van der Waals surface area contributed by atoms with E-state index < -0.39 is 29.0 Å². The maximum Gasteiger partial charge on any atom is 0.417 e. The number of nitrogens with one attached hydrogen (secondary N) is 1. The van der Waals surface area contributed by atoms with Gasteiger partial charge in [-0.3, -0.25) is 9.69 Å². The molecular formula is C29H36F6N6O. The van der Waals surface area contributed by atoms with Crippen LogP contribution in [-0.2, 0) is 17.1 Å². The summed E-state index contributed by atoms with van der Waals surface area (Å²) in [4.78, 5) is 22.6. The molecular weight excluding hydrogens is 562 g/mol. The molecule has 2 aromatic rings. The number of carbonyl (C=O) groups excluding carboxylic acids is 1. The first kappa shape index (κ1) is 33.0. The normalized spacial score (nSPS) is 16.8. The van der Waals surface area contributed by atoms with Gasteiger partial charge in [0.25, 0.3) is 0 Å². The maximum absolute atomic E-state index is 13.2. The van der Waals surface area contributed by atoms with Crippen molar-refractivity contribution < 1.29 is 31.1 Å². The number of nitriles is 1. The average molecular weight is 599 g/mol. The van der Waals surface area contributed by atoms with E-state index in [1.165, 1.54) is 12.1 Å². The molecule has 42 heavy (non-hydrogen) atoms. The van der Waals surface area contributed by atoms with Crippen molar-refractivity contribution in [3.8, 4) is 6.07 Å². The molecule has 0 atom stereocenters. The second-order valence-electron chi connectivity index (χ2n) is 10.0. The van der Waals surface area contributed by atoms with Crippen molar-refractivity contribution in [3.63, 3.8) is 0 Å². The Kier molecular flexibility index (Phi) is 11.4. The highest BCUT2D eigenvalue weighted by atomic mass is 19.4. The number of halogens is 6. The number of alkyl halides is 6. The van der Waals surface area contributed by atoms with Crippen LogP contribution >= 0.6 is 0 Å². The molecule has 1 N–H and O–H groups in total. The number of anilines is 2. The van der Waals surface area contributed by atoms with E-state index in [1.807, 2.05) is 18.7 Å². The van der Waals surface area contributed by atoms with Gasteiger partial charge in [-0.05, 0) is 56.1 Å². The zero-order chi connectivity index (χ0) is 30.9. The standard InChI is InChI=1S/C27H30F6N6O.C2H6/c28-26(29,30)20-4-6-24(35-18-20)38-14-12-37(13-15-38)9-1-2-25(40)39-10-7-21(8-11-39)36-22-5-3-19(17-34)23(16-22)27(31,32)33;1-2/h3-6,16,18,21,36H,1-2,7-15H2;1-2H3. The zero-order valence-corrected chi connectivity index (χ0v) is 23.7. The fraction of sp³-hybridized carbons (Fsp3) is 0.552. The molecule has 0 bridgehead atoms. The van der Waals surface area contributed by atoms with Gasteiger partial charge in [-0.1, -0.05) is 13.8 Å². The van der Waals surface area contributed by atoms with E-state index in [0.717, 1.165) is 44.0 Å². The van der Waals surface area contributed by atoms with Gasteiger partial charge in [0.2, 0.25) is 5.91 Å². The van der Waals surface area contributed by atoms with Gasteiger partial charge in [0.1, 0.15) is 5.82 Å². The Hall–Kier alpha value is -3.53. The van der Waals surface area contributed by atoms with Crippen LogP contribution in [0.2, 0.25) is 0 Å². The summed E-state index contributed by atoms with van der Waals surface area (Å²) in [5.41, 5.74) is -1.86. The van der Waals surface area contributed by atoms with Crippen LogP contribution in [-0.4, -0.2) is 72.5 Å². The summed E-state index contributed by atoms with van der Waals surface area (Å²) in [5, 5.41) is 12.1. The molecule has 0 aliphatic carbocycles. The number of carbonyl (C=O) groups is 1. The Morgan fingerprint density at radius 1 is 0.976 bits per heavy atom. The Balaban J connectivity index is 0.00000237. The van der Waals surface area contributed by atoms with E-state index in [1.54, 1.807) is 11.0 Å².